The van der Waals surface area contributed by atoms with Crippen LogP contribution >= 0.6 is 0 Å². The minimum atomic E-state index is -3.88. The molecular formula is C29H33N5O4S. The Morgan fingerprint density at radius 1 is 0.974 bits per heavy atom. The number of hydrogen-bond acceptors (Lipinski definition) is 7. The van der Waals surface area contributed by atoms with Gasteiger partial charge in [0.15, 0.2) is 5.75 Å². The first kappa shape index (κ1) is 28.1. The zero-order chi connectivity index (χ0) is 28.0. The molecule has 4 rings (SSSR count). The van der Waals surface area contributed by atoms with E-state index in [0.717, 1.165) is 24.1 Å². The summed E-state index contributed by atoms with van der Waals surface area (Å²) in [7, 11) is -3.88. The lowest BCUT2D eigenvalue weighted by atomic mass is 9.98. The van der Waals surface area contributed by atoms with Crippen LogP contribution in [0.25, 0.3) is 17.1 Å². The van der Waals surface area contributed by atoms with Crippen molar-refractivity contribution in [3.63, 3.8) is 0 Å². The Bertz CT molecular complexity index is 1600. The molecular weight excluding hydrogens is 514 g/mol. The fourth-order valence-electron chi connectivity index (χ4n) is 4.45. The zero-order valence-electron chi connectivity index (χ0n) is 22.4. The smallest absolute Gasteiger partial charge is 0.264 e. The van der Waals surface area contributed by atoms with Gasteiger partial charge in [0.2, 0.25) is 16.0 Å². The fourth-order valence-corrected chi connectivity index (χ4v) is 5.21. The number of rotatable bonds is 11. The monoisotopic (exact) mass is 547 g/mol. The van der Waals surface area contributed by atoms with E-state index in [4.69, 9.17) is 14.9 Å². The minimum Gasteiger partial charge on any atom is -0.491 e. The summed E-state index contributed by atoms with van der Waals surface area (Å²) in [6, 6.07) is 14.1. The summed E-state index contributed by atoms with van der Waals surface area (Å²) >= 11 is 0. The van der Waals surface area contributed by atoms with Crippen LogP contribution in [0.15, 0.2) is 70.6 Å². The molecule has 0 saturated carbocycles. The molecule has 0 bridgehead atoms. The number of benzene rings is 2. The number of primary sulfonamides is 1. The molecule has 0 atom stereocenters. The van der Waals surface area contributed by atoms with Gasteiger partial charge in [-0.15, -0.1) is 0 Å². The van der Waals surface area contributed by atoms with Gasteiger partial charge in [-0.1, -0.05) is 62.7 Å². The van der Waals surface area contributed by atoms with Gasteiger partial charge in [0.25, 0.3) is 5.56 Å². The van der Waals surface area contributed by atoms with Crippen molar-refractivity contribution >= 4 is 10.0 Å². The van der Waals surface area contributed by atoms with Crippen LogP contribution in [0.1, 0.15) is 56.3 Å². The van der Waals surface area contributed by atoms with Gasteiger partial charge in [0, 0.05) is 24.0 Å². The highest BCUT2D eigenvalue weighted by atomic mass is 32.2. The maximum atomic E-state index is 13.9. The summed E-state index contributed by atoms with van der Waals surface area (Å²) < 4.78 is 31.1. The second-order valence-electron chi connectivity index (χ2n) is 9.12. The summed E-state index contributed by atoms with van der Waals surface area (Å²) in [5.41, 5.74) is 3.32. The van der Waals surface area contributed by atoms with Crippen LogP contribution < -0.4 is 15.4 Å². The Balaban J connectivity index is 1.75. The van der Waals surface area contributed by atoms with Crippen LogP contribution in [-0.2, 0) is 29.3 Å². The summed E-state index contributed by atoms with van der Waals surface area (Å²) in [5.74, 6) is 1.39. The van der Waals surface area contributed by atoms with Crippen molar-refractivity contribution < 1.29 is 13.2 Å². The number of aromatic nitrogens is 4. The van der Waals surface area contributed by atoms with E-state index in [1.807, 2.05) is 38.1 Å². The molecule has 2 aromatic heterocycles. The number of nitrogens with zero attached hydrogens (tertiary/aromatic N) is 4. The van der Waals surface area contributed by atoms with Crippen molar-refractivity contribution in [1.29, 1.82) is 0 Å². The van der Waals surface area contributed by atoms with Crippen molar-refractivity contribution in [2.45, 2.75) is 57.8 Å². The quantitative estimate of drug-likeness (QED) is 0.297. The molecule has 39 heavy (non-hydrogen) atoms. The van der Waals surface area contributed by atoms with Crippen LogP contribution in [0.5, 0.6) is 5.75 Å². The minimum absolute atomic E-state index is 0.0668. The van der Waals surface area contributed by atoms with E-state index in [2.05, 4.69) is 16.9 Å². The predicted molar refractivity (Wildman–Crippen MR) is 151 cm³/mol. The summed E-state index contributed by atoms with van der Waals surface area (Å²) in [5, 5.41) is 5.42. The van der Waals surface area contributed by atoms with E-state index in [9.17, 15) is 13.2 Å². The van der Waals surface area contributed by atoms with Gasteiger partial charge < -0.3 is 4.74 Å². The third-order valence-corrected chi connectivity index (χ3v) is 7.35. The molecule has 204 valence electrons. The SMILES string of the molecule is CCCCc1nc(CC)n(-c2ncc(OCC)cn2)c(=O)c1Cc1ccc(-c2ccccc2S(N)(=O)=O)cc1. The number of aryl methyl sites for hydroxylation is 2. The van der Waals surface area contributed by atoms with E-state index in [0.29, 0.717) is 54.1 Å². The normalized spacial score (nSPS) is 11.5. The van der Waals surface area contributed by atoms with Crippen LogP contribution in [-0.4, -0.2) is 34.5 Å². The first-order valence-corrected chi connectivity index (χ1v) is 14.6. The molecule has 0 aliphatic heterocycles. The molecule has 0 unspecified atom stereocenters. The Morgan fingerprint density at radius 3 is 2.28 bits per heavy atom. The molecule has 0 amide bonds. The highest BCUT2D eigenvalue weighted by molar-refractivity contribution is 7.89. The summed E-state index contributed by atoms with van der Waals surface area (Å²) in [6.07, 6.45) is 6.60. The third kappa shape index (κ3) is 6.40. The van der Waals surface area contributed by atoms with Crippen molar-refractivity contribution in [2.75, 3.05) is 6.61 Å². The molecule has 2 aromatic carbocycles. The Hall–Kier alpha value is -3.89. The largest absolute Gasteiger partial charge is 0.491 e. The number of hydrogen-bond donors (Lipinski definition) is 1. The Labute approximate surface area is 228 Å². The topological polar surface area (TPSA) is 130 Å². The average Bonchev–Trinajstić information content (AvgIpc) is 2.94. The lowest BCUT2D eigenvalue weighted by Crippen LogP contribution is -2.30. The number of nitrogens with two attached hydrogens (primary N) is 1. The first-order valence-electron chi connectivity index (χ1n) is 13.1. The van der Waals surface area contributed by atoms with Crippen LogP contribution in [0.3, 0.4) is 0 Å². The fraction of sp³-hybridized carbons (Fsp3) is 0.310. The van der Waals surface area contributed by atoms with Crippen molar-refractivity contribution in [1.82, 2.24) is 19.5 Å². The lowest BCUT2D eigenvalue weighted by Gasteiger charge is -2.16. The van der Waals surface area contributed by atoms with Gasteiger partial charge in [-0.25, -0.2) is 33.1 Å². The van der Waals surface area contributed by atoms with Gasteiger partial charge in [-0.05, 0) is 37.0 Å². The Morgan fingerprint density at radius 2 is 1.67 bits per heavy atom. The molecule has 2 N–H and O–H groups in total. The van der Waals surface area contributed by atoms with Crippen LogP contribution in [0.2, 0.25) is 0 Å². The van der Waals surface area contributed by atoms with E-state index >= 15 is 0 Å². The first-order chi connectivity index (χ1) is 18.8. The van der Waals surface area contributed by atoms with E-state index in [1.54, 1.807) is 30.6 Å². The maximum Gasteiger partial charge on any atom is 0.264 e. The number of sulfonamides is 1. The molecule has 10 heteroatoms. The summed E-state index contributed by atoms with van der Waals surface area (Å²) in [6.45, 7) is 6.43. The van der Waals surface area contributed by atoms with Gasteiger partial charge in [0.05, 0.1) is 29.6 Å². The lowest BCUT2D eigenvalue weighted by molar-refractivity contribution is 0.337. The standard InChI is InChI=1S/C29H33N5O4S/c1-4-7-11-25-24(28(35)34(27(5-2)33-25)29-31-18-22(19-32-29)38-6-3)17-20-13-15-21(16-14-20)23-10-8-9-12-26(23)39(30,36)37/h8-10,12-16,18-19H,4-7,11,17H2,1-3H3,(H2,30,36,37). The van der Waals surface area contributed by atoms with Gasteiger partial charge in [-0.3, -0.25) is 4.79 Å². The molecule has 0 spiro atoms. The van der Waals surface area contributed by atoms with Gasteiger partial charge in [-0.2, -0.15) is 0 Å². The zero-order valence-corrected chi connectivity index (χ0v) is 23.2. The van der Waals surface area contributed by atoms with E-state index in [-0.39, 0.29) is 16.4 Å². The van der Waals surface area contributed by atoms with Crippen LogP contribution in [0, 0.1) is 0 Å². The van der Waals surface area contributed by atoms with Gasteiger partial charge >= 0.3 is 0 Å². The van der Waals surface area contributed by atoms with Crippen molar-refractivity contribution in [3.05, 3.63) is 93.9 Å². The predicted octanol–water partition coefficient (Wildman–Crippen LogP) is 4.23. The molecule has 2 heterocycles. The number of ether oxygens (including phenoxy) is 1. The molecule has 9 nitrogen and oxygen atoms in total. The second-order valence-corrected chi connectivity index (χ2v) is 10.6. The maximum absolute atomic E-state index is 13.9. The highest BCUT2D eigenvalue weighted by Crippen LogP contribution is 2.27. The molecule has 4 aromatic rings. The Kier molecular flexibility index (Phi) is 8.88. The summed E-state index contributed by atoms with van der Waals surface area (Å²) in [4.78, 5) is 27.6. The molecule has 0 aliphatic carbocycles. The second kappa shape index (κ2) is 12.3. The van der Waals surface area contributed by atoms with E-state index in [1.165, 1.54) is 10.6 Å². The van der Waals surface area contributed by atoms with Gasteiger partial charge in [0.1, 0.15) is 5.82 Å². The average molecular weight is 548 g/mol. The number of unbranched alkanes of at least 4 members (excludes halogenated alkanes) is 1. The molecule has 0 saturated heterocycles. The molecule has 0 fully saturated rings. The molecule has 0 radical (unpaired) electrons. The third-order valence-electron chi connectivity index (χ3n) is 6.38. The van der Waals surface area contributed by atoms with Crippen LogP contribution in [0.4, 0.5) is 0 Å². The molecule has 0 aliphatic rings. The van der Waals surface area contributed by atoms with Crippen molar-refractivity contribution in [2.24, 2.45) is 5.14 Å². The highest BCUT2D eigenvalue weighted by Gasteiger charge is 2.19. The van der Waals surface area contributed by atoms with E-state index < -0.39 is 10.0 Å². The van der Waals surface area contributed by atoms with Crippen molar-refractivity contribution in [3.8, 4) is 22.8 Å².